The average Bonchev–Trinajstić information content (AvgIpc) is 2.84. The molecular formula is C11H12N6O2S. The summed E-state index contributed by atoms with van der Waals surface area (Å²) in [7, 11) is -2.42. The van der Waals surface area contributed by atoms with E-state index >= 15 is 0 Å². The van der Waals surface area contributed by atoms with Crippen LogP contribution in [0.1, 0.15) is 17.3 Å². The van der Waals surface area contributed by atoms with Crippen LogP contribution in [0.2, 0.25) is 0 Å². The summed E-state index contributed by atoms with van der Waals surface area (Å²) in [6.45, 7) is 1.73. The first-order valence-corrected chi connectivity index (χ1v) is 7.08. The van der Waals surface area contributed by atoms with Crippen LogP contribution >= 0.6 is 0 Å². The molecule has 0 saturated heterocycles. The number of sulfonamides is 1. The fourth-order valence-electron chi connectivity index (χ4n) is 1.59. The molecule has 0 radical (unpaired) electrons. The summed E-state index contributed by atoms with van der Waals surface area (Å²) in [6.07, 6.45) is 1.37. The van der Waals surface area contributed by atoms with Gasteiger partial charge in [0, 0.05) is 13.2 Å². The first kappa shape index (κ1) is 14.1. The van der Waals surface area contributed by atoms with Crippen LogP contribution in [-0.2, 0) is 16.6 Å². The number of nitrogens with zero attached hydrogens (tertiary/aromatic N) is 5. The van der Waals surface area contributed by atoms with Gasteiger partial charge in [-0.05, 0) is 19.1 Å². The van der Waals surface area contributed by atoms with Crippen LogP contribution in [0.25, 0.3) is 0 Å². The van der Waals surface area contributed by atoms with Crippen LogP contribution in [0.3, 0.4) is 0 Å². The third kappa shape index (κ3) is 2.66. The maximum atomic E-state index is 12.4. The van der Waals surface area contributed by atoms with Crippen molar-refractivity contribution in [1.29, 1.82) is 5.26 Å². The highest BCUT2D eigenvalue weighted by Crippen LogP contribution is 2.17. The van der Waals surface area contributed by atoms with Crippen molar-refractivity contribution in [2.75, 3.05) is 7.05 Å². The Morgan fingerprint density at radius 1 is 1.50 bits per heavy atom. The van der Waals surface area contributed by atoms with Gasteiger partial charge in [-0.3, -0.25) is 5.10 Å². The van der Waals surface area contributed by atoms with Crippen molar-refractivity contribution in [2.45, 2.75) is 18.4 Å². The normalized spacial score (nSPS) is 11.5. The number of hydrogen-bond donors (Lipinski definition) is 1. The Morgan fingerprint density at radius 2 is 2.25 bits per heavy atom. The first-order valence-electron chi connectivity index (χ1n) is 5.64. The molecule has 0 unspecified atom stereocenters. The van der Waals surface area contributed by atoms with Crippen molar-refractivity contribution in [2.24, 2.45) is 0 Å². The van der Waals surface area contributed by atoms with Crippen molar-refractivity contribution in [3.05, 3.63) is 35.7 Å². The van der Waals surface area contributed by atoms with E-state index < -0.39 is 10.0 Å². The molecule has 0 saturated carbocycles. The average molecular weight is 292 g/mol. The van der Waals surface area contributed by atoms with Gasteiger partial charge < -0.3 is 0 Å². The zero-order chi connectivity index (χ0) is 14.8. The summed E-state index contributed by atoms with van der Waals surface area (Å²) in [6, 6.07) is 4.59. The Balaban J connectivity index is 2.32. The van der Waals surface area contributed by atoms with Gasteiger partial charge in [-0.2, -0.15) is 14.7 Å². The van der Waals surface area contributed by atoms with Gasteiger partial charge in [0.05, 0.1) is 6.54 Å². The molecule has 2 rings (SSSR count). The molecule has 0 amide bonds. The summed E-state index contributed by atoms with van der Waals surface area (Å²) in [5.74, 6) is 0.959. The molecule has 1 N–H and O–H groups in total. The monoisotopic (exact) mass is 292 g/mol. The first-order chi connectivity index (χ1) is 9.45. The predicted octanol–water partition coefficient (Wildman–Crippen LogP) is 0.201. The third-order valence-electron chi connectivity index (χ3n) is 2.57. The number of aromatic nitrogens is 4. The van der Waals surface area contributed by atoms with E-state index in [-0.39, 0.29) is 17.1 Å². The van der Waals surface area contributed by atoms with E-state index in [1.165, 1.54) is 25.4 Å². The largest absolute Gasteiger partial charge is 0.263 e. The van der Waals surface area contributed by atoms with Gasteiger partial charge in [-0.25, -0.2) is 18.4 Å². The molecule has 104 valence electrons. The van der Waals surface area contributed by atoms with Gasteiger partial charge >= 0.3 is 0 Å². The number of hydrogen-bond acceptors (Lipinski definition) is 6. The molecule has 9 heteroatoms. The molecule has 0 aliphatic rings. The van der Waals surface area contributed by atoms with Crippen molar-refractivity contribution >= 4 is 10.0 Å². The van der Waals surface area contributed by atoms with Crippen molar-refractivity contribution < 1.29 is 8.42 Å². The van der Waals surface area contributed by atoms with Crippen LogP contribution in [0, 0.1) is 18.3 Å². The topological polar surface area (TPSA) is 116 Å². The summed E-state index contributed by atoms with van der Waals surface area (Å²) >= 11 is 0. The summed E-state index contributed by atoms with van der Waals surface area (Å²) in [4.78, 5) is 7.67. The number of rotatable bonds is 4. The second-order valence-corrected chi connectivity index (χ2v) is 6.07. The van der Waals surface area contributed by atoms with Gasteiger partial charge in [0.15, 0.2) is 11.5 Å². The van der Waals surface area contributed by atoms with E-state index in [0.29, 0.717) is 11.6 Å². The van der Waals surface area contributed by atoms with Crippen LogP contribution in [0.4, 0.5) is 0 Å². The molecule has 20 heavy (non-hydrogen) atoms. The highest BCUT2D eigenvalue weighted by molar-refractivity contribution is 7.89. The molecule has 0 bridgehead atoms. The minimum atomic E-state index is -3.82. The van der Waals surface area contributed by atoms with Crippen LogP contribution < -0.4 is 0 Å². The van der Waals surface area contributed by atoms with Crippen molar-refractivity contribution in [3.8, 4) is 6.07 Å². The molecule has 0 atom stereocenters. The number of aryl methyl sites for hydroxylation is 1. The summed E-state index contributed by atoms with van der Waals surface area (Å²) < 4.78 is 25.9. The molecular weight excluding hydrogens is 280 g/mol. The second kappa shape index (κ2) is 5.36. The minimum Gasteiger partial charge on any atom is -0.263 e. The molecule has 0 aromatic carbocycles. The third-order valence-corrected chi connectivity index (χ3v) is 4.41. The molecule has 0 fully saturated rings. The van der Waals surface area contributed by atoms with E-state index in [1.807, 2.05) is 0 Å². The van der Waals surface area contributed by atoms with Crippen LogP contribution in [-0.4, -0.2) is 39.9 Å². The van der Waals surface area contributed by atoms with Crippen molar-refractivity contribution in [3.63, 3.8) is 0 Å². The zero-order valence-electron chi connectivity index (χ0n) is 10.9. The maximum absolute atomic E-state index is 12.4. The quantitative estimate of drug-likeness (QED) is 0.860. The lowest BCUT2D eigenvalue weighted by Crippen LogP contribution is -2.28. The lowest BCUT2D eigenvalue weighted by Gasteiger charge is -2.15. The molecule has 0 aliphatic carbocycles. The lowest BCUT2D eigenvalue weighted by molar-refractivity contribution is 0.456. The van der Waals surface area contributed by atoms with Gasteiger partial charge in [0.2, 0.25) is 10.0 Å². The van der Waals surface area contributed by atoms with Crippen LogP contribution in [0.15, 0.2) is 23.2 Å². The number of aromatic amines is 1. The fourth-order valence-corrected chi connectivity index (χ4v) is 2.81. The van der Waals surface area contributed by atoms with Gasteiger partial charge in [0.1, 0.15) is 16.8 Å². The fraction of sp³-hybridized carbons (Fsp3) is 0.273. The molecule has 2 aromatic heterocycles. The maximum Gasteiger partial charge on any atom is 0.246 e. The van der Waals surface area contributed by atoms with Gasteiger partial charge in [-0.1, -0.05) is 0 Å². The van der Waals surface area contributed by atoms with Crippen molar-refractivity contribution in [1.82, 2.24) is 24.5 Å². The lowest BCUT2D eigenvalue weighted by atomic mass is 10.4. The molecule has 0 aliphatic heterocycles. The summed E-state index contributed by atoms with van der Waals surface area (Å²) in [5.41, 5.74) is -0.134. The summed E-state index contributed by atoms with van der Waals surface area (Å²) in [5, 5.41) is 15.5. The number of pyridine rings is 1. The van der Waals surface area contributed by atoms with E-state index in [2.05, 4.69) is 20.2 Å². The number of nitriles is 1. The Labute approximate surface area is 116 Å². The SMILES string of the molecule is Cc1nc(CN(C)S(=O)(=O)c2cccnc2C#N)n[nH]1. The van der Waals surface area contributed by atoms with E-state index in [0.717, 1.165) is 4.31 Å². The molecule has 2 heterocycles. The Morgan fingerprint density at radius 3 is 2.85 bits per heavy atom. The Hall–Kier alpha value is -2.31. The van der Waals surface area contributed by atoms with E-state index in [9.17, 15) is 8.42 Å². The van der Waals surface area contributed by atoms with Gasteiger partial charge in [0.25, 0.3) is 0 Å². The Bertz CT molecular complexity index is 761. The standard InChI is InChI=1S/C11H12N6O2S/c1-8-14-11(16-15-8)7-17(2)20(18,19)10-4-3-5-13-9(10)6-12/h3-5H,7H2,1-2H3,(H,14,15,16). The highest BCUT2D eigenvalue weighted by atomic mass is 32.2. The Kier molecular flexibility index (Phi) is 3.78. The minimum absolute atomic E-state index is 0.00639. The van der Waals surface area contributed by atoms with Crippen LogP contribution in [0.5, 0.6) is 0 Å². The highest BCUT2D eigenvalue weighted by Gasteiger charge is 2.25. The number of H-pyrrole nitrogens is 1. The second-order valence-electron chi connectivity index (χ2n) is 4.06. The predicted molar refractivity (Wildman–Crippen MR) is 68.7 cm³/mol. The van der Waals surface area contributed by atoms with E-state index in [1.54, 1.807) is 13.0 Å². The number of nitrogens with one attached hydrogen (secondary N) is 1. The van der Waals surface area contributed by atoms with E-state index in [4.69, 9.17) is 5.26 Å². The zero-order valence-corrected chi connectivity index (χ0v) is 11.7. The van der Waals surface area contributed by atoms with Gasteiger partial charge in [-0.15, -0.1) is 0 Å². The molecule has 0 spiro atoms. The smallest absolute Gasteiger partial charge is 0.246 e. The molecule has 2 aromatic rings. The molecule has 8 nitrogen and oxygen atoms in total.